The second-order valence-electron chi connectivity index (χ2n) is 5.55. The van der Waals surface area contributed by atoms with E-state index in [2.05, 4.69) is 6.92 Å². The van der Waals surface area contributed by atoms with Gasteiger partial charge in [0.1, 0.15) is 5.56 Å². The highest BCUT2D eigenvalue weighted by molar-refractivity contribution is 5.92. The van der Waals surface area contributed by atoms with Gasteiger partial charge in [-0.3, -0.25) is 0 Å². The van der Waals surface area contributed by atoms with E-state index in [1.54, 1.807) is 18.2 Å². The number of carbonyl (C=O) groups is 1. The van der Waals surface area contributed by atoms with Crippen LogP contribution < -0.4 is 9.47 Å². The summed E-state index contributed by atoms with van der Waals surface area (Å²) in [6.07, 6.45) is 5.60. The molecule has 21 heavy (non-hydrogen) atoms. The minimum Gasteiger partial charge on any atom is -0.490 e. The van der Waals surface area contributed by atoms with E-state index in [0.717, 1.165) is 25.7 Å². The molecule has 1 N–H and O–H groups in total. The van der Waals surface area contributed by atoms with Crippen molar-refractivity contribution < 1.29 is 19.4 Å². The van der Waals surface area contributed by atoms with Crippen LogP contribution in [0.3, 0.4) is 0 Å². The van der Waals surface area contributed by atoms with Gasteiger partial charge in [-0.15, -0.1) is 0 Å². The van der Waals surface area contributed by atoms with Gasteiger partial charge in [0.05, 0.1) is 12.7 Å². The summed E-state index contributed by atoms with van der Waals surface area (Å²) in [5, 5.41) is 9.35. The van der Waals surface area contributed by atoms with Gasteiger partial charge < -0.3 is 14.6 Å². The first-order chi connectivity index (χ1) is 10.2. The fraction of sp³-hybridized carbons (Fsp3) is 0.588. The Balaban J connectivity index is 2.22. The van der Waals surface area contributed by atoms with E-state index >= 15 is 0 Å². The number of carboxylic acids is 1. The molecule has 1 aliphatic rings. The lowest BCUT2D eigenvalue weighted by Crippen LogP contribution is -2.26. The molecule has 4 nitrogen and oxygen atoms in total. The van der Waals surface area contributed by atoms with Crippen molar-refractivity contribution in [1.82, 2.24) is 0 Å². The number of rotatable bonds is 6. The zero-order valence-corrected chi connectivity index (χ0v) is 12.8. The molecule has 116 valence electrons. The van der Waals surface area contributed by atoms with Crippen LogP contribution in [0.15, 0.2) is 18.2 Å². The van der Waals surface area contributed by atoms with Crippen LogP contribution in [0.5, 0.6) is 11.5 Å². The summed E-state index contributed by atoms with van der Waals surface area (Å²) in [4.78, 5) is 11.4. The predicted octanol–water partition coefficient (Wildman–Crippen LogP) is 4.13. The Kier molecular flexibility index (Phi) is 5.48. The Morgan fingerprint density at radius 3 is 2.81 bits per heavy atom. The third-order valence-corrected chi connectivity index (χ3v) is 4.11. The van der Waals surface area contributed by atoms with E-state index in [9.17, 15) is 9.90 Å². The topological polar surface area (TPSA) is 55.8 Å². The lowest BCUT2D eigenvalue weighted by Gasteiger charge is -2.29. The molecular weight excluding hydrogens is 268 g/mol. The van der Waals surface area contributed by atoms with Crippen molar-refractivity contribution in [3.05, 3.63) is 23.8 Å². The smallest absolute Gasteiger partial charge is 0.339 e. The molecule has 4 heteroatoms. The fourth-order valence-corrected chi connectivity index (χ4v) is 2.96. The van der Waals surface area contributed by atoms with Gasteiger partial charge in [-0.2, -0.15) is 0 Å². The number of ether oxygens (including phenoxy) is 2. The van der Waals surface area contributed by atoms with E-state index in [1.165, 1.54) is 6.42 Å². The highest BCUT2D eigenvalue weighted by atomic mass is 16.5. The average molecular weight is 292 g/mol. The molecule has 2 rings (SSSR count). The molecule has 1 aromatic carbocycles. The van der Waals surface area contributed by atoms with Crippen LogP contribution in [-0.2, 0) is 0 Å². The van der Waals surface area contributed by atoms with E-state index in [1.807, 2.05) is 6.92 Å². The van der Waals surface area contributed by atoms with Gasteiger partial charge in [0.25, 0.3) is 0 Å². The molecule has 2 unspecified atom stereocenters. The maximum absolute atomic E-state index is 11.4. The largest absolute Gasteiger partial charge is 0.490 e. The Labute approximate surface area is 126 Å². The summed E-state index contributed by atoms with van der Waals surface area (Å²) in [5.41, 5.74) is 0.180. The minimum atomic E-state index is -0.977. The second-order valence-corrected chi connectivity index (χ2v) is 5.55. The lowest BCUT2D eigenvalue weighted by molar-refractivity contribution is 0.0679. The van der Waals surface area contributed by atoms with Crippen molar-refractivity contribution in [2.45, 2.75) is 52.1 Å². The van der Waals surface area contributed by atoms with E-state index in [0.29, 0.717) is 24.0 Å². The van der Waals surface area contributed by atoms with Crippen molar-refractivity contribution in [3.8, 4) is 11.5 Å². The standard InChI is InChI=1S/C17H24O4/c1-3-12-7-5-8-13(11-12)21-16-14(17(18)19)9-6-10-15(16)20-4-2/h6,9-10,12-13H,3-5,7-8,11H2,1-2H3,(H,18,19). The highest BCUT2D eigenvalue weighted by Gasteiger charge is 2.25. The van der Waals surface area contributed by atoms with Crippen LogP contribution in [0.25, 0.3) is 0 Å². The molecule has 1 saturated carbocycles. The van der Waals surface area contributed by atoms with Gasteiger partial charge in [-0.25, -0.2) is 4.79 Å². The molecule has 1 aromatic rings. The third-order valence-electron chi connectivity index (χ3n) is 4.11. The molecule has 0 bridgehead atoms. The Hall–Kier alpha value is -1.71. The molecule has 2 atom stereocenters. The predicted molar refractivity (Wildman–Crippen MR) is 81.2 cm³/mol. The zero-order valence-electron chi connectivity index (χ0n) is 12.8. The maximum Gasteiger partial charge on any atom is 0.339 e. The summed E-state index contributed by atoms with van der Waals surface area (Å²) in [6, 6.07) is 5.03. The second kappa shape index (κ2) is 7.34. The monoisotopic (exact) mass is 292 g/mol. The van der Waals surface area contributed by atoms with Gasteiger partial charge in [0.15, 0.2) is 11.5 Å². The molecule has 1 aliphatic carbocycles. The lowest BCUT2D eigenvalue weighted by atomic mass is 9.85. The molecule has 0 saturated heterocycles. The molecular formula is C17H24O4. The Bertz CT molecular complexity index is 484. The average Bonchev–Trinajstić information content (AvgIpc) is 2.49. The van der Waals surface area contributed by atoms with Crippen molar-refractivity contribution in [2.24, 2.45) is 5.92 Å². The zero-order chi connectivity index (χ0) is 15.2. The van der Waals surface area contributed by atoms with E-state index < -0.39 is 5.97 Å². The molecule has 1 fully saturated rings. The highest BCUT2D eigenvalue weighted by Crippen LogP contribution is 2.36. The van der Waals surface area contributed by atoms with Crippen molar-refractivity contribution in [2.75, 3.05) is 6.61 Å². The van der Waals surface area contributed by atoms with Crippen molar-refractivity contribution in [3.63, 3.8) is 0 Å². The van der Waals surface area contributed by atoms with Crippen LogP contribution in [0, 0.1) is 5.92 Å². The van der Waals surface area contributed by atoms with Crippen molar-refractivity contribution in [1.29, 1.82) is 0 Å². The maximum atomic E-state index is 11.4. The Morgan fingerprint density at radius 2 is 2.14 bits per heavy atom. The fourth-order valence-electron chi connectivity index (χ4n) is 2.96. The third kappa shape index (κ3) is 3.90. The van der Waals surface area contributed by atoms with Crippen LogP contribution in [0.4, 0.5) is 0 Å². The first-order valence-electron chi connectivity index (χ1n) is 7.81. The Morgan fingerprint density at radius 1 is 1.33 bits per heavy atom. The number of carboxylic acid groups (broad SMARTS) is 1. The summed E-state index contributed by atoms with van der Waals surface area (Å²) < 4.78 is 11.6. The molecule has 0 aliphatic heterocycles. The van der Waals surface area contributed by atoms with Gasteiger partial charge in [-0.1, -0.05) is 25.8 Å². The first-order valence-corrected chi connectivity index (χ1v) is 7.81. The van der Waals surface area contributed by atoms with Crippen LogP contribution in [0.1, 0.15) is 56.3 Å². The molecule has 0 spiro atoms. The molecule has 0 heterocycles. The summed E-state index contributed by atoms with van der Waals surface area (Å²) in [7, 11) is 0. The molecule has 0 aromatic heterocycles. The molecule has 0 amide bonds. The molecule has 0 radical (unpaired) electrons. The number of para-hydroxylation sites is 1. The van der Waals surface area contributed by atoms with Gasteiger partial charge >= 0.3 is 5.97 Å². The SMILES string of the molecule is CCOc1cccc(C(=O)O)c1OC1CCCC(CC)C1. The van der Waals surface area contributed by atoms with E-state index in [4.69, 9.17) is 9.47 Å². The number of benzene rings is 1. The van der Waals surface area contributed by atoms with Crippen molar-refractivity contribution >= 4 is 5.97 Å². The quantitative estimate of drug-likeness (QED) is 0.856. The minimum absolute atomic E-state index is 0.0865. The van der Waals surface area contributed by atoms with Crippen LogP contribution >= 0.6 is 0 Å². The van der Waals surface area contributed by atoms with Gasteiger partial charge in [-0.05, 0) is 44.2 Å². The van der Waals surface area contributed by atoms with Gasteiger partial charge in [0, 0.05) is 0 Å². The first kappa shape index (κ1) is 15.7. The normalized spacial score (nSPS) is 21.8. The number of hydrogen-bond donors (Lipinski definition) is 1. The van der Waals surface area contributed by atoms with Crippen LogP contribution in [-0.4, -0.2) is 23.8 Å². The van der Waals surface area contributed by atoms with Crippen LogP contribution in [0.2, 0.25) is 0 Å². The summed E-state index contributed by atoms with van der Waals surface area (Å²) in [6.45, 7) is 4.57. The summed E-state index contributed by atoms with van der Waals surface area (Å²) in [5.74, 6) is 0.607. The van der Waals surface area contributed by atoms with Gasteiger partial charge in [0.2, 0.25) is 0 Å². The summed E-state index contributed by atoms with van der Waals surface area (Å²) >= 11 is 0. The van der Waals surface area contributed by atoms with E-state index in [-0.39, 0.29) is 11.7 Å². The number of hydrogen-bond acceptors (Lipinski definition) is 3. The number of aromatic carboxylic acids is 1.